The Morgan fingerprint density at radius 2 is 2.06 bits per heavy atom. The first kappa shape index (κ1) is 11.6. The van der Waals surface area contributed by atoms with E-state index < -0.39 is 0 Å². The summed E-state index contributed by atoms with van der Waals surface area (Å²) in [6.07, 6.45) is 7.01. The molecule has 1 heterocycles. The quantitative estimate of drug-likeness (QED) is 0.827. The second-order valence-electron chi connectivity index (χ2n) is 7.05. The Morgan fingerprint density at radius 1 is 1.33 bits per heavy atom. The van der Waals surface area contributed by atoms with Crippen LogP contribution < -0.4 is 5.32 Å². The van der Waals surface area contributed by atoms with E-state index in [-0.39, 0.29) is 0 Å². The molecule has 3 saturated carbocycles. The number of fused-ring (bicyclic) bond motifs is 5. The molecule has 1 saturated heterocycles. The van der Waals surface area contributed by atoms with Crippen LogP contribution in [0.4, 0.5) is 0 Å². The molecular formula is C15H24N2S. The van der Waals surface area contributed by atoms with Crippen molar-refractivity contribution in [2.75, 3.05) is 5.75 Å². The van der Waals surface area contributed by atoms with Crippen LogP contribution in [0.2, 0.25) is 0 Å². The zero-order chi connectivity index (χ0) is 12.3. The summed E-state index contributed by atoms with van der Waals surface area (Å²) in [5.74, 6) is 5.29. The van der Waals surface area contributed by atoms with E-state index in [9.17, 15) is 0 Å². The monoisotopic (exact) mass is 264 g/mol. The van der Waals surface area contributed by atoms with Gasteiger partial charge in [-0.05, 0) is 62.7 Å². The predicted octanol–water partition coefficient (Wildman–Crippen LogP) is 3.28. The van der Waals surface area contributed by atoms with Gasteiger partial charge in [-0.15, -0.1) is 0 Å². The number of nitrogens with zero attached hydrogens (tertiary/aromatic N) is 1. The molecule has 3 aliphatic carbocycles. The van der Waals surface area contributed by atoms with E-state index >= 15 is 0 Å². The lowest BCUT2D eigenvalue weighted by Crippen LogP contribution is -2.48. The van der Waals surface area contributed by atoms with Gasteiger partial charge in [0.05, 0.1) is 6.04 Å². The van der Waals surface area contributed by atoms with Crippen molar-refractivity contribution in [2.45, 2.75) is 57.5 Å². The Hall–Kier alpha value is -0.180. The average Bonchev–Trinajstić information content (AvgIpc) is 2.77. The van der Waals surface area contributed by atoms with Gasteiger partial charge in [0.25, 0.3) is 0 Å². The van der Waals surface area contributed by atoms with Crippen molar-refractivity contribution in [3.05, 3.63) is 0 Å². The first-order valence-electron chi connectivity index (χ1n) is 7.69. The van der Waals surface area contributed by atoms with E-state index in [1.807, 2.05) is 11.8 Å². The third-order valence-corrected chi connectivity index (χ3v) is 6.93. The second-order valence-corrected chi connectivity index (χ2v) is 8.13. The van der Waals surface area contributed by atoms with E-state index in [4.69, 9.17) is 4.99 Å². The van der Waals surface area contributed by atoms with Gasteiger partial charge in [-0.3, -0.25) is 4.99 Å². The number of thioether (sulfide) groups is 1. The molecule has 0 aromatic rings. The van der Waals surface area contributed by atoms with E-state index in [0.29, 0.717) is 11.6 Å². The highest BCUT2D eigenvalue weighted by Crippen LogP contribution is 2.67. The Morgan fingerprint density at radius 3 is 2.72 bits per heavy atom. The van der Waals surface area contributed by atoms with Gasteiger partial charge in [-0.25, -0.2) is 0 Å². The molecule has 5 atom stereocenters. The summed E-state index contributed by atoms with van der Waals surface area (Å²) in [4.78, 5) is 5.08. The summed E-state index contributed by atoms with van der Waals surface area (Å²) < 4.78 is 0. The number of aliphatic imine (C=N–C) groups is 1. The minimum Gasteiger partial charge on any atom is -0.360 e. The van der Waals surface area contributed by atoms with Crippen LogP contribution in [-0.2, 0) is 0 Å². The normalized spacial score (nSPS) is 55.4. The van der Waals surface area contributed by atoms with Gasteiger partial charge in [0.15, 0.2) is 5.17 Å². The maximum absolute atomic E-state index is 5.08. The number of rotatable bonds is 2. The molecule has 5 unspecified atom stereocenters. The lowest BCUT2D eigenvalue weighted by atomic mass is 9.96. The van der Waals surface area contributed by atoms with Crippen molar-refractivity contribution in [3.8, 4) is 0 Å². The van der Waals surface area contributed by atoms with Crippen molar-refractivity contribution in [1.82, 2.24) is 5.32 Å². The summed E-state index contributed by atoms with van der Waals surface area (Å²) in [7, 11) is 0. The minimum absolute atomic E-state index is 0.299. The molecule has 2 nitrogen and oxygen atoms in total. The lowest BCUT2D eigenvalue weighted by Gasteiger charge is -2.35. The van der Waals surface area contributed by atoms with E-state index in [2.05, 4.69) is 19.2 Å². The highest BCUT2D eigenvalue weighted by molar-refractivity contribution is 8.13. The molecule has 1 aliphatic heterocycles. The standard InChI is InChI=1S/C15H24N2S/c1-3-15(2)6-7-18-14(17-15)16-13-11-9-4-5-10(8-9)12(11)13/h9-13H,3-8H2,1-2H3,(H,16,17). The molecular weight excluding hydrogens is 240 g/mol. The van der Waals surface area contributed by atoms with Gasteiger partial charge in [-0.1, -0.05) is 18.7 Å². The molecule has 3 heteroatoms. The zero-order valence-corrected chi connectivity index (χ0v) is 12.3. The number of nitrogens with one attached hydrogen (secondary N) is 1. The topological polar surface area (TPSA) is 24.4 Å². The first-order chi connectivity index (χ1) is 8.70. The van der Waals surface area contributed by atoms with Crippen LogP contribution in [0.25, 0.3) is 0 Å². The first-order valence-corrected chi connectivity index (χ1v) is 8.67. The molecule has 0 aromatic heterocycles. The molecule has 0 aromatic carbocycles. The van der Waals surface area contributed by atoms with Crippen LogP contribution in [0.3, 0.4) is 0 Å². The molecule has 100 valence electrons. The van der Waals surface area contributed by atoms with Crippen LogP contribution in [0.5, 0.6) is 0 Å². The third kappa shape index (κ3) is 1.65. The summed E-state index contributed by atoms with van der Waals surface area (Å²) in [5.41, 5.74) is 0.299. The Bertz CT molecular complexity index is 378. The average molecular weight is 264 g/mol. The van der Waals surface area contributed by atoms with Gasteiger partial charge in [0.1, 0.15) is 0 Å². The fourth-order valence-corrected chi connectivity index (χ4v) is 5.91. The number of amidine groups is 1. The molecule has 0 spiro atoms. The van der Waals surface area contributed by atoms with Gasteiger partial charge >= 0.3 is 0 Å². The van der Waals surface area contributed by atoms with Crippen molar-refractivity contribution >= 4 is 16.9 Å². The highest BCUT2D eigenvalue weighted by Gasteiger charge is 2.65. The predicted molar refractivity (Wildman–Crippen MR) is 77.9 cm³/mol. The lowest BCUT2D eigenvalue weighted by molar-refractivity contribution is 0.389. The van der Waals surface area contributed by atoms with Crippen LogP contribution in [0.1, 0.15) is 46.0 Å². The highest BCUT2D eigenvalue weighted by atomic mass is 32.2. The largest absolute Gasteiger partial charge is 0.360 e. The van der Waals surface area contributed by atoms with Crippen molar-refractivity contribution in [3.63, 3.8) is 0 Å². The number of hydrogen-bond acceptors (Lipinski definition) is 2. The summed E-state index contributed by atoms with van der Waals surface area (Å²) in [6, 6.07) is 0.699. The van der Waals surface area contributed by atoms with Gasteiger partial charge in [0.2, 0.25) is 0 Å². The Balaban J connectivity index is 1.47. The summed E-state index contributed by atoms with van der Waals surface area (Å²) >= 11 is 1.95. The van der Waals surface area contributed by atoms with Crippen LogP contribution >= 0.6 is 11.8 Å². The van der Waals surface area contributed by atoms with Crippen LogP contribution in [0, 0.1) is 23.7 Å². The SMILES string of the molecule is CCC1(C)CCSC(=NC2C3C4CCC(C4)C23)N1. The molecule has 4 fully saturated rings. The molecule has 18 heavy (non-hydrogen) atoms. The fraction of sp³-hybridized carbons (Fsp3) is 0.933. The summed E-state index contributed by atoms with van der Waals surface area (Å²) in [6.45, 7) is 4.63. The fourth-order valence-electron chi connectivity index (χ4n) is 4.65. The molecule has 1 N–H and O–H groups in total. The van der Waals surface area contributed by atoms with Gasteiger partial charge in [0, 0.05) is 11.3 Å². The molecule has 4 rings (SSSR count). The minimum atomic E-state index is 0.299. The Labute approximate surface area is 114 Å². The van der Waals surface area contributed by atoms with E-state index in [1.165, 1.54) is 43.0 Å². The van der Waals surface area contributed by atoms with Crippen LogP contribution in [-0.4, -0.2) is 22.5 Å². The third-order valence-electron chi connectivity index (χ3n) is 6.04. The zero-order valence-electron chi connectivity index (χ0n) is 11.5. The molecule has 4 aliphatic rings. The van der Waals surface area contributed by atoms with E-state index in [1.54, 1.807) is 0 Å². The molecule has 0 radical (unpaired) electrons. The summed E-state index contributed by atoms with van der Waals surface area (Å²) in [5, 5.41) is 4.96. The maximum atomic E-state index is 5.08. The van der Waals surface area contributed by atoms with Crippen molar-refractivity contribution in [2.24, 2.45) is 28.7 Å². The smallest absolute Gasteiger partial charge is 0.157 e. The van der Waals surface area contributed by atoms with Crippen LogP contribution in [0.15, 0.2) is 4.99 Å². The maximum Gasteiger partial charge on any atom is 0.157 e. The molecule has 0 amide bonds. The van der Waals surface area contributed by atoms with Crippen molar-refractivity contribution in [1.29, 1.82) is 0 Å². The Kier molecular flexibility index (Phi) is 2.53. The van der Waals surface area contributed by atoms with Gasteiger partial charge in [-0.2, -0.15) is 0 Å². The van der Waals surface area contributed by atoms with Crippen molar-refractivity contribution < 1.29 is 0 Å². The van der Waals surface area contributed by atoms with E-state index in [0.717, 1.165) is 23.7 Å². The number of hydrogen-bond donors (Lipinski definition) is 1. The molecule has 2 bridgehead atoms. The second kappa shape index (κ2) is 3.91. The van der Waals surface area contributed by atoms with Gasteiger partial charge < -0.3 is 5.32 Å².